The first-order valence-corrected chi connectivity index (χ1v) is 3.27. The first-order chi connectivity index (χ1) is 5.74. The molecule has 0 unspecified atom stereocenters. The Bertz CT molecular complexity index is 312. The van der Waals surface area contributed by atoms with Gasteiger partial charge < -0.3 is 5.32 Å². The first kappa shape index (κ1) is 8.39. The molecule has 1 rings (SSSR count). The molecule has 1 aromatic heterocycles. The average molecular weight is 166 g/mol. The summed E-state index contributed by atoms with van der Waals surface area (Å²) in [5.74, 6) is -1.01. The molecule has 0 fully saturated rings. The maximum absolute atomic E-state index is 12.8. The molecule has 0 saturated heterocycles. The number of pyridine rings is 1. The van der Waals surface area contributed by atoms with E-state index in [0.717, 1.165) is 12.3 Å². The fourth-order valence-electron chi connectivity index (χ4n) is 0.660. The number of amides is 1. The Labute approximate surface area is 68.9 Å². The Morgan fingerprint density at radius 3 is 3.08 bits per heavy atom. The summed E-state index contributed by atoms with van der Waals surface area (Å²) in [7, 11) is 0. The molecular weight excluding hydrogens is 159 g/mol. The maximum Gasteiger partial charge on any atom is 0.247 e. The van der Waals surface area contributed by atoms with Gasteiger partial charge in [-0.15, -0.1) is 0 Å². The van der Waals surface area contributed by atoms with Crippen molar-refractivity contribution in [3.63, 3.8) is 0 Å². The van der Waals surface area contributed by atoms with Gasteiger partial charge in [0.2, 0.25) is 5.91 Å². The van der Waals surface area contributed by atoms with Gasteiger partial charge in [-0.2, -0.15) is 0 Å². The number of aromatic nitrogens is 1. The molecule has 4 heteroatoms. The largest absolute Gasteiger partial charge is 0.320 e. The number of carbonyl (C=O) groups excluding carboxylic acids is 1. The van der Waals surface area contributed by atoms with Crippen LogP contribution in [0.1, 0.15) is 0 Å². The zero-order chi connectivity index (χ0) is 8.97. The van der Waals surface area contributed by atoms with E-state index < -0.39 is 11.7 Å². The van der Waals surface area contributed by atoms with Crippen molar-refractivity contribution >= 4 is 11.6 Å². The van der Waals surface area contributed by atoms with Crippen molar-refractivity contribution in [3.8, 4) is 0 Å². The molecule has 0 radical (unpaired) electrons. The molecule has 62 valence electrons. The van der Waals surface area contributed by atoms with Crippen LogP contribution in [-0.4, -0.2) is 10.9 Å². The minimum absolute atomic E-state index is 0.106. The number of rotatable bonds is 2. The van der Waals surface area contributed by atoms with Crippen molar-refractivity contribution in [1.82, 2.24) is 4.98 Å². The third kappa shape index (κ3) is 1.88. The molecule has 0 atom stereocenters. The Balaban J connectivity index is 2.82. The highest BCUT2D eigenvalue weighted by Gasteiger charge is 2.01. The zero-order valence-corrected chi connectivity index (χ0v) is 6.25. The monoisotopic (exact) mass is 166 g/mol. The number of nitrogens with zero attached hydrogens (tertiary/aromatic N) is 1. The summed E-state index contributed by atoms with van der Waals surface area (Å²) in [6.45, 7) is 3.24. The van der Waals surface area contributed by atoms with Crippen LogP contribution in [0.25, 0.3) is 0 Å². The molecule has 0 bridgehead atoms. The topological polar surface area (TPSA) is 42.0 Å². The van der Waals surface area contributed by atoms with Crippen LogP contribution in [0.2, 0.25) is 0 Å². The predicted molar refractivity (Wildman–Crippen MR) is 43.0 cm³/mol. The van der Waals surface area contributed by atoms with E-state index >= 15 is 0 Å². The molecule has 1 amide bonds. The predicted octanol–water partition coefficient (Wildman–Crippen LogP) is 1.35. The molecular formula is C8H7FN2O. The van der Waals surface area contributed by atoms with E-state index in [9.17, 15) is 9.18 Å². The van der Waals surface area contributed by atoms with Crippen LogP contribution < -0.4 is 5.32 Å². The van der Waals surface area contributed by atoms with E-state index in [1.807, 2.05) is 0 Å². The lowest BCUT2D eigenvalue weighted by atomic mass is 10.4. The van der Waals surface area contributed by atoms with Gasteiger partial charge >= 0.3 is 0 Å². The molecule has 0 spiro atoms. The molecule has 0 aliphatic heterocycles. The number of hydrogen-bond donors (Lipinski definition) is 1. The van der Waals surface area contributed by atoms with Gasteiger partial charge in [0.1, 0.15) is 0 Å². The van der Waals surface area contributed by atoms with Crippen LogP contribution >= 0.6 is 0 Å². The summed E-state index contributed by atoms with van der Waals surface area (Å²) in [6.07, 6.45) is 3.49. The number of anilines is 1. The van der Waals surface area contributed by atoms with Crippen molar-refractivity contribution in [1.29, 1.82) is 0 Å². The summed E-state index contributed by atoms with van der Waals surface area (Å²) in [5, 5.41) is 2.29. The second kappa shape index (κ2) is 3.61. The summed E-state index contributed by atoms with van der Waals surface area (Å²) >= 11 is 0. The third-order valence-corrected chi connectivity index (χ3v) is 1.22. The van der Waals surface area contributed by atoms with E-state index in [-0.39, 0.29) is 5.69 Å². The van der Waals surface area contributed by atoms with Crippen molar-refractivity contribution in [3.05, 3.63) is 36.9 Å². The second-order valence-electron chi connectivity index (χ2n) is 2.05. The zero-order valence-electron chi connectivity index (χ0n) is 6.25. The highest BCUT2D eigenvalue weighted by atomic mass is 19.1. The number of nitrogens with one attached hydrogen (secondary N) is 1. The van der Waals surface area contributed by atoms with E-state index in [0.29, 0.717) is 0 Å². The maximum atomic E-state index is 12.8. The highest BCUT2D eigenvalue weighted by molar-refractivity contribution is 5.98. The van der Waals surface area contributed by atoms with Gasteiger partial charge in [-0.25, -0.2) is 4.39 Å². The molecule has 0 aliphatic carbocycles. The SMILES string of the molecule is C=CC(=O)Nc1ccncc1F. The van der Waals surface area contributed by atoms with Crippen LogP contribution in [-0.2, 0) is 4.79 Å². The third-order valence-electron chi connectivity index (χ3n) is 1.22. The quantitative estimate of drug-likeness (QED) is 0.673. The van der Waals surface area contributed by atoms with E-state index in [4.69, 9.17) is 0 Å². The standard InChI is InChI=1S/C8H7FN2O/c1-2-8(12)11-7-3-4-10-5-6(7)9/h2-5H,1H2,(H,10,11,12). The van der Waals surface area contributed by atoms with Crippen LogP contribution in [0.3, 0.4) is 0 Å². The Morgan fingerprint density at radius 1 is 1.75 bits per heavy atom. The smallest absolute Gasteiger partial charge is 0.247 e. The van der Waals surface area contributed by atoms with Crippen molar-refractivity contribution in [2.45, 2.75) is 0 Å². The molecule has 1 heterocycles. The number of halogens is 1. The Hall–Kier alpha value is -1.71. The molecule has 12 heavy (non-hydrogen) atoms. The summed E-state index contributed by atoms with van der Waals surface area (Å²) in [6, 6.07) is 1.37. The minimum Gasteiger partial charge on any atom is -0.320 e. The first-order valence-electron chi connectivity index (χ1n) is 3.27. The van der Waals surface area contributed by atoms with Gasteiger partial charge in [0, 0.05) is 6.20 Å². The van der Waals surface area contributed by atoms with Gasteiger partial charge in [0.15, 0.2) is 5.82 Å². The van der Waals surface area contributed by atoms with Gasteiger partial charge in [0.05, 0.1) is 11.9 Å². The van der Waals surface area contributed by atoms with Crippen LogP contribution in [0.5, 0.6) is 0 Å². The Kier molecular flexibility index (Phi) is 2.53. The van der Waals surface area contributed by atoms with Gasteiger partial charge in [-0.1, -0.05) is 6.58 Å². The summed E-state index contributed by atoms with van der Waals surface area (Å²) in [4.78, 5) is 14.2. The molecule has 0 saturated carbocycles. The van der Waals surface area contributed by atoms with Crippen LogP contribution in [0.15, 0.2) is 31.1 Å². The summed E-state index contributed by atoms with van der Waals surface area (Å²) < 4.78 is 12.8. The average Bonchev–Trinajstić information content (AvgIpc) is 2.09. The van der Waals surface area contributed by atoms with Gasteiger partial charge in [-0.05, 0) is 12.1 Å². The lowest BCUT2D eigenvalue weighted by Crippen LogP contribution is -2.08. The fourth-order valence-corrected chi connectivity index (χ4v) is 0.660. The van der Waals surface area contributed by atoms with Gasteiger partial charge in [0.25, 0.3) is 0 Å². The van der Waals surface area contributed by atoms with Crippen LogP contribution in [0.4, 0.5) is 10.1 Å². The molecule has 1 aromatic rings. The molecule has 3 nitrogen and oxygen atoms in total. The van der Waals surface area contributed by atoms with E-state index in [1.54, 1.807) is 0 Å². The molecule has 1 N–H and O–H groups in total. The lowest BCUT2D eigenvalue weighted by molar-refractivity contribution is -0.111. The second-order valence-corrected chi connectivity index (χ2v) is 2.05. The van der Waals surface area contributed by atoms with Crippen molar-refractivity contribution < 1.29 is 9.18 Å². The van der Waals surface area contributed by atoms with Crippen molar-refractivity contribution in [2.24, 2.45) is 0 Å². The van der Waals surface area contributed by atoms with E-state index in [1.165, 1.54) is 12.3 Å². The van der Waals surface area contributed by atoms with Gasteiger partial charge in [-0.3, -0.25) is 9.78 Å². The molecule has 0 aromatic carbocycles. The Morgan fingerprint density at radius 2 is 2.50 bits per heavy atom. The van der Waals surface area contributed by atoms with E-state index in [2.05, 4.69) is 16.9 Å². The molecule has 0 aliphatic rings. The fraction of sp³-hybridized carbons (Fsp3) is 0. The summed E-state index contributed by atoms with van der Waals surface area (Å²) in [5.41, 5.74) is 0.106. The van der Waals surface area contributed by atoms with Crippen LogP contribution in [0, 0.1) is 5.82 Å². The number of hydrogen-bond acceptors (Lipinski definition) is 2. The minimum atomic E-state index is -0.562. The lowest BCUT2D eigenvalue weighted by Gasteiger charge is -2.01. The number of carbonyl (C=O) groups is 1. The highest BCUT2D eigenvalue weighted by Crippen LogP contribution is 2.10. The normalized spacial score (nSPS) is 9.08. The van der Waals surface area contributed by atoms with Crippen molar-refractivity contribution in [2.75, 3.05) is 5.32 Å².